The lowest BCUT2D eigenvalue weighted by Gasteiger charge is -2.09. The Morgan fingerprint density at radius 3 is 2.73 bits per heavy atom. The number of benzene rings is 1. The fourth-order valence-electron chi connectivity index (χ4n) is 2.40. The van der Waals surface area contributed by atoms with Gasteiger partial charge in [0.15, 0.2) is 6.73 Å². The minimum Gasteiger partial charge on any atom is -0.471 e. The van der Waals surface area contributed by atoms with E-state index in [1.165, 1.54) is 0 Å². The van der Waals surface area contributed by atoms with E-state index < -0.39 is 0 Å². The monoisotopic (exact) mass is 373 g/mol. The van der Waals surface area contributed by atoms with Crippen molar-refractivity contribution in [2.45, 2.75) is 33.7 Å². The second kappa shape index (κ2) is 8.05. The summed E-state index contributed by atoms with van der Waals surface area (Å²) in [5.41, 5.74) is 2.08. The van der Waals surface area contributed by atoms with E-state index >= 15 is 0 Å². The van der Waals surface area contributed by atoms with Gasteiger partial charge in [-0.1, -0.05) is 11.6 Å². The molecule has 1 amide bonds. The lowest BCUT2D eigenvalue weighted by atomic mass is 10.2. The van der Waals surface area contributed by atoms with Gasteiger partial charge in [-0.25, -0.2) is 4.68 Å². The largest absolute Gasteiger partial charge is 0.471 e. The number of rotatable bonds is 7. The van der Waals surface area contributed by atoms with E-state index in [0.717, 1.165) is 23.6 Å². The molecule has 3 rings (SSSR count). The number of halogens is 1. The number of aromatic nitrogens is 4. The summed E-state index contributed by atoms with van der Waals surface area (Å²) in [5, 5.41) is 12.0. The molecule has 0 aliphatic carbocycles. The van der Waals surface area contributed by atoms with E-state index in [9.17, 15) is 4.79 Å². The molecule has 0 radical (unpaired) electrons. The molecule has 3 aromatic rings. The Kier molecular flexibility index (Phi) is 5.58. The van der Waals surface area contributed by atoms with Gasteiger partial charge < -0.3 is 10.1 Å². The molecule has 2 heterocycles. The molecule has 0 aliphatic heterocycles. The Labute approximate surface area is 156 Å². The maximum Gasteiger partial charge on any atom is 0.272 e. The number of hydrogen-bond donors (Lipinski definition) is 1. The van der Waals surface area contributed by atoms with Crippen LogP contribution in [0.1, 0.15) is 28.7 Å². The number of aryl methyl sites for hydroxylation is 2. The molecule has 0 saturated heterocycles. The van der Waals surface area contributed by atoms with Gasteiger partial charge in [-0.3, -0.25) is 9.48 Å². The molecule has 0 saturated carbocycles. The summed E-state index contributed by atoms with van der Waals surface area (Å²) in [6.07, 6.45) is 3.58. The van der Waals surface area contributed by atoms with Crippen LogP contribution < -0.4 is 10.1 Å². The third-order valence-corrected chi connectivity index (χ3v) is 4.05. The van der Waals surface area contributed by atoms with Crippen molar-refractivity contribution in [2.24, 2.45) is 0 Å². The van der Waals surface area contributed by atoms with Gasteiger partial charge in [-0.15, -0.1) is 0 Å². The molecule has 0 spiro atoms. The van der Waals surface area contributed by atoms with E-state index in [-0.39, 0.29) is 12.6 Å². The molecule has 0 fully saturated rings. The smallest absolute Gasteiger partial charge is 0.272 e. The Morgan fingerprint density at radius 2 is 2.00 bits per heavy atom. The maximum absolute atomic E-state index is 12.2. The molecule has 7 nitrogen and oxygen atoms in total. The number of amides is 1. The number of hydrogen-bond acceptors (Lipinski definition) is 4. The second-order valence-electron chi connectivity index (χ2n) is 5.77. The number of ether oxygens (including phenoxy) is 1. The molecule has 1 N–H and O–H groups in total. The highest BCUT2D eigenvalue weighted by Gasteiger charge is 2.10. The molecular formula is C18H20ClN5O2. The molecule has 2 aromatic heterocycles. The van der Waals surface area contributed by atoms with Crippen LogP contribution in [0, 0.1) is 6.92 Å². The fourth-order valence-corrected chi connectivity index (χ4v) is 2.63. The first-order valence-corrected chi connectivity index (χ1v) is 8.66. The van der Waals surface area contributed by atoms with Crippen LogP contribution in [0.2, 0.25) is 5.02 Å². The molecular weight excluding hydrogens is 354 g/mol. The van der Waals surface area contributed by atoms with Crippen molar-refractivity contribution in [2.75, 3.05) is 0 Å². The van der Waals surface area contributed by atoms with Crippen molar-refractivity contribution in [3.63, 3.8) is 0 Å². The predicted octanol–water partition coefficient (Wildman–Crippen LogP) is 3.03. The lowest BCUT2D eigenvalue weighted by Crippen LogP contribution is -2.24. The normalized spacial score (nSPS) is 10.7. The van der Waals surface area contributed by atoms with Crippen molar-refractivity contribution in [3.8, 4) is 5.75 Å². The van der Waals surface area contributed by atoms with Crippen LogP contribution in [0.15, 0.2) is 42.7 Å². The number of carbonyl (C=O) groups excluding carboxylic acids is 1. The van der Waals surface area contributed by atoms with Crippen molar-refractivity contribution in [1.29, 1.82) is 0 Å². The van der Waals surface area contributed by atoms with Crippen LogP contribution in [0.25, 0.3) is 0 Å². The van der Waals surface area contributed by atoms with Crippen molar-refractivity contribution in [1.82, 2.24) is 24.9 Å². The second-order valence-corrected chi connectivity index (χ2v) is 6.21. The van der Waals surface area contributed by atoms with Crippen LogP contribution in [0.5, 0.6) is 5.75 Å². The average Bonchev–Trinajstić information content (AvgIpc) is 3.28. The first-order valence-electron chi connectivity index (χ1n) is 8.28. The van der Waals surface area contributed by atoms with Gasteiger partial charge in [-0.2, -0.15) is 10.2 Å². The van der Waals surface area contributed by atoms with E-state index in [2.05, 4.69) is 15.5 Å². The van der Waals surface area contributed by atoms with Crippen molar-refractivity contribution in [3.05, 3.63) is 64.7 Å². The summed E-state index contributed by atoms with van der Waals surface area (Å²) < 4.78 is 9.09. The topological polar surface area (TPSA) is 74.0 Å². The van der Waals surface area contributed by atoms with Crippen LogP contribution >= 0.6 is 11.6 Å². The first-order chi connectivity index (χ1) is 12.5. The lowest BCUT2D eigenvalue weighted by molar-refractivity contribution is 0.0943. The van der Waals surface area contributed by atoms with Crippen LogP contribution in [-0.4, -0.2) is 25.5 Å². The fraction of sp³-hybridized carbons (Fsp3) is 0.278. The van der Waals surface area contributed by atoms with Gasteiger partial charge in [-0.05, 0) is 49.7 Å². The minimum atomic E-state index is -0.252. The van der Waals surface area contributed by atoms with Gasteiger partial charge >= 0.3 is 0 Å². The van der Waals surface area contributed by atoms with Gasteiger partial charge in [0.05, 0.1) is 12.2 Å². The van der Waals surface area contributed by atoms with Gasteiger partial charge in [0.1, 0.15) is 11.4 Å². The molecule has 8 heteroatoms. The van der Waals surface area contributed by atoms with E-state index in [1.54, 1.807) is 23.0 Å². The molecule has 26 heavy (non-hydrogen) atoms. The van der Waals surface area contributed by atoms with Crippen molar-refractivity contribution >= 4 is 17.5 Å². The average molecular weight is 374 g/mol. The number of carbonyl (C=O) groups is 1. The Hall–Kier alpha value is -2.80. The van der Waals surface area contributed by atoms with Crippen LogP contribution in [-0.2, 0) is 19.8 Å². The molecule has 136 valence electrons. The minimum absolute atomic E-state index is 0.205. The van der Waals surface area contributed by atoms with E-state index in [4.69, 9.17) is 16.3 Å². The summed E-state index contributed by atoms with van der Waals surface area (Å²) >= 11 is 5.93. The zero-order valence-corrected chi connectivity index (χ0v) is 15.4. The number of nitrogens with one attached hydrogen (secondary N) is 1. The highest BCUT2D eigenvalue weighted by Crippen LogP contribution is 2.22. The predicted molar refractivity (Wildman–Crippen MR) is 98.1 cm³/mol. The van der Waals surface area contributed by atoms with Crippen LogP contribution in [0.4, 0.5) is 0 Å². The standard InChI is InChI=1S/C18H20ClN5O2/c1-3-23-8-6-15(21-23)11-20-18(25)16-7-9-24(22-16)12-26-17-5-4-14(19)10-13(17)2/h4-10H,3,11-12H2,1-2H3,(H,20,25). The summed E-state index contributed by atoms with van der Waals surface area (Å²) in [6, 6.07) is 8.94. The van der Waals surface area contributed by atoms with Gasteiger partial charge in [0.2, 0.25) is 0 Å². The van der Waals surface area contributed by atoms with Crippen molar-refractivity contribution < 1.29 is 9.53 Å². The zero-order chi connectivity index (χ0) is 18.5. The van der Waals surface area contributed by atoms with Gasteiger partial charge in [0.25, 0.3) is 5.91 Å². The highest BCUT2D eigenvalue weighted by molar-refractivity contribution is 6.30. The van der Waals surface area contributed by atoms with E-state index in [1.807, 2.05) is 42.9 Å². The highest BCUT2D eigenvalue weighted by atomic mass is 35.5. The Balaban J connectivity index is 1.54. The molecule has 0 bridgehead atoms. The summed E-state index contributed by atoms with van der Waals surface area (Å²) in [4.78, 5) is 12.2. The quantitative estimate of drug-likeness (QED) is 0.690. The zero-order valence-electron chi connectivity index (χ0n) is 14.6. The first kappa shape index (κ1) is 18.0. The SMILES string of the molecule is CCn1ccc(CNC(=O)c2ccn(COc3ccc(Cl)cc3C)n2)n1. The molecule has 0 atom stereocenters. The molecule has 1 aromatic carbocycles. The number of nitrogens with zero attached hydrogens (tertiary/aromatic N) is 4. The summed E-state index contributed by atoms with van der Waals surface area (Å²) in [7, 11) is 0. The third kappa shape index (κ3) is 4.43. The molecule has 0 unspecified atom stereocenters. The van der Waals surface area contributed by atoms with E-state index in [0.29, 0.717) is 17.3 Å². The maximum atomic E-state index is 12.2. The van der Waals surface area contributed by atoms with Gasteiger partial charge in [0, 0.05) is 24.0 Å². The Bertz CT molecular complexity index is 903. The summed E-state index contributed by atoms with van der Waals surface area (Å²) in [5.74, 6) is 0.472. The Morgan fingerprint density at radius 1 is 1.19 bits per heavy atom. The third-order valence-electron chi connectivity index (χ3n) is 3.81. The van der Waals surface area contributed by atoms with Crippen LogP contribution in [0.3, 0.4) is 0 Å². The summed E-state index contributed by atoms with van der Waals surface area (Å²) in [6.45, 7) is 5.29. The molecule has 0 aliphatic rings.